The van der Waals surface area contributed by atoms with Crippen molar-refractivity contribution in [2.24, 2.45) is 11.3 Å². The second-order valence-electron chi connectivity index (χ2n) is 4.01. The topological polar surface area (TPSA) is 0 Å². The minimum atomic E-state index is 0.397. The summed E-state index contributed by atoms with van der Waals surface area (Å²) in [5, 5.41) is 0. The molecule has 1 heteroatoms. The lowest BCUT2D eigenvalue weighted by Crippen LogP contribution is -2.24. The standard InChI is InChI=1S/C8H17Br/c1-6(2)7(9)8(3,4)5/h6-7H,1-5H3. The lowest BCUT2D eigenvalue weighted by atomic mass is 9.86. The Morgan fingerprint density at radius 2 is 1.44 bits per heavy atom. The first kappa shape index (κ1) is 9.48. The fourth-order valence-corrected chi connectivity index (χ4v) is 1.00. The molecule has 0 aromatic rings. The van der Waals surface area contributed by atoms with Crippen LogP contribution in [-0.4, -0.2) is 4.83 Å². The Balaban J connectivity index is 3.88. The summed E-state index contributed by atoms with van der Waals surface area (Å²) in [6, 6.07) is 0. The van der Waals surface area contributed by atoms with Crippen LogP contribution in [0, 0.1) is 11.3 Å². The summed E-state index contributed by atoms with van der Waals surface area (Å²) in [6.45, 7) is 11.3. The van der Waals surface area contributed by atoms with Crippen molar-refractivity contribution in [2.75, 3.05) is 0 Å². The van der Waals surface area contributed by atoms with Crippen LogP contribution in [0.4, 0.5) is 0 Å². The van der Waals surface area contributed by atoms with Gasteiger partial charge in [0, 0.05) is 4.83 Å². The van der Waals surface area contributed by atoms with Gasteiger partial charge < -0.3 is 0 Å². The van der Waals surface area contributed by atoms with Gasteiger partial charge in [-0.2, -0.15) is 0 Å². The molecule has 0 aliphatic carbocycles. The van der Waals surface area contributed by atoms with Crippen molar-refractivity contribution in [1.29, 1.82) is 0 Å². The van der Waals surface area contributed by atoms with Crippen LogP contribution in [-0.2, 0) is 0 Å². The second-order valence-corrected chi connectivity index (χ2v) is 5.00. The molecule has 0 rings (SSSR count). The minimum absolute atomic E-state index is 0.397. The predicted molar refractivity (Wildman–Crippen MR) is 47.0 cm³/mol. The predicted octanol–water partition coefficient (Wildman–Crippen LogP) is 3.45. The highest BCUT2D eigenvalue weighted by atomic mass is 79.9. The molecule has 0 N–H and O–H groups in total. The Morgan fingerprint density at radius 1 is 1.11 bits per heavy atom. The van der Waals surface area contributed by atoms with Gasteiger partial charge in [-0.05, 0) is 11.3 Å². The van der Waals surface area contributed by atoms with Crippen molar-refractivity contribution >= 4 is 15.9 Å². The average molecular weight is 193 g/mol. The Bertz CT molecular complexity index is 79.1. The molecule has 0 aromatic heterocycles. The summed E-state index contributed by atoms with van der Waals surface area (Å²) >= 11 is 3.66. The summed E-state index contributed by atoms with van der Waals surface area (Å²) < 4.78 is 0. The molecule has 0 amide bonds. The quantitative estimate of drug-likeness (QED) is 0.559. The normalized spacial score (nSPS) is 16.3. The highest BCUT2D eigenvalue weighted by Gasteiger charge is 2.23. The van der Waals surface area contributed by atoms with Gasteiger partial charge in [0.25, 0.3) is 0 Å². The molecule has 0 nitrogen and oxygen atoms in total. The Morgan fingerprint density at radius 3 is 1.44 bits per heavy atom. The van der Waals surface area contributed by atoms with E-state index in [2.05, 4.69) is 50.5 Å². The van der Waals surface area contributed by atoms with Crippen molar-refractivity contribution in [2.45, 2.75) is 39.4 Å². The van der Waals surface area contributed by atoms with Gasteiger partial charge in [0.15, 0.2) is 0 Å². The largest absolute Gasteiger partial charge is 0.0882 e. The molecule has 0 aliphatic heterocycles. The van der Waals surface area contributed by atoms with Gasteiger partial charge in [-0.1, -0.05) is 50.5 Å². The highest BCUT2D eigenvalue weighted by Crippen LogP contribution is 2.31. The number of rotatable bonds is 1. The zero-order chi connectivity index (χ0) is 7.65. The number of halogens is 1. The molecular weight excluding hydrogens is 176 g/mol. The van der Waals surface area contributed by atoms with E-state index in [-0.39, 0.29) is 0 Å². The fourth-order valence-electron chi connectivity index (χ4n) is 1.00. The van der Waals surface area contributed by atoms with Crippen molar-refractivity contribution in [3.05, 3.63) is 0 Å². The Labute approximate surface area is 67.2 Å². The summed E-state index contributed by atoms with van der Waals surface area (Å²) in [5.74, 6) is 0.727. The molecule has 0 saturated carbocycles. The van der Waals surface area contributed by atoms with Gasteiger partial charge in [0.05, 0.1) is 0 Å². The maximum Gasteiger partial charge on any atom is 0.0217 e. The highest BCUT2D eigenvalue weighted by molar-refractivity contribution is 9.09. The maximum atomic E-state index is 3.66. The second kappa shape index (κ2) is 3.05. The summed E-state index contributed by atoms with van der Waals surface area (Å²) in [7, 11) is 0. The molecule has 0 aliphatic rings. The smallest absolute Gasteiger partial charge is 0.0217 e. The van der Waals surface area contributed by atoms with Crippen LogP contribution in [0.15, 0.2) is 0 Å². The van der Waals surface area contributed by atoms with E-state index >= 15 is 0 Å². The third-order valence-corrected chi connectivity index (χ3v) is 3.84. The molecule has 0 bridgehead atoms. The summed E-state index contributed by atoms with van der Waals surface area (Å²) in [6.07, 6.45) is 0. The molecule has 56 valence electrons. The zero-order valence-electron chi connectivity index (χ0n) is 7.03. The lowest BCUT2D eigenvalue weighted by Gasteiger charge is -2.28. The Hall–Kier alpha value is 0.480. The van der Waals surface area contributed by atoms with Crippen molar-refractivity contribution < 1.29 is 0 Å². The first-order chi connectivity index (χ1) is 3.85. The van der Waals surface area contributed by atoms with E-state index in [9.17, 15) is 0 Å². The fraction of sp³-hybridized carbons (Fsp3) is 1.00. The SMILES string of the molecule is CC(C)C(Br)C(C)(C)C. The molecule has 0 aromatic carbocycles. The van der Waals surface area contributed by atoms with Crippen LogP contribution >= 0.6 is 15.9 Å². The van der Waals surface area contributed by atoms with E-state index < -0.39 is 0 Å². The summed E-state index contributed by atoms with van der Waals surface area (Å²) in [4.78, 5) is 0.630. The average Bonchev–Trinajstić information content (AvgIpc) is 1.62. The van der Waals surface area contributed by atoms with Crippen LogP contribution in [0.1, 0.15) is 34.6 Å². The lowest BCUT2D eigenvalue weighted by molar-refractivity contribution is 0.342. The van der Waals surface area contributed by atoms with Crippen molar-refractivity contribution in [3.8, 4) is 0 Å². The molecule has 0 saturated heterocycles. The van der Waals surface area contributed by atoms with Crippen molar-refractivity contribution in [3.63, 3.8) is 0 Å². The number of alkyl halides is 1. The number of hydrogen-bond acceptors (Lipinski definition) is 0. The molecule has 0 heterocycles. The van der Waals surface area contributed by atoms with Gasteiger partial charge in [-0.25, -0.2) is 0 Å². The third kappa shape index (κ3) is 3.24. The van der Waals surface area contributed by atoms with Crippen LogP contribution in [0.5, 0.6) is 0 Å². The van der Waals surface area contributed by atoms with Gasteiger partial charge in [-0.15, -0.1) is 0 Å². The molecule has 0 fully saturated rings. The van der Waals surface area contributed by atoms with Gasteiger partial charge in [-0.3, -0.25) is 0 Å². The first-order valence-electron chi connectivity index (χ1n) is 3.49. The van der Waals surface area contributed by atoms with Gasteiger partial charge in [0.2, 0.25) is 0 Å². The minimum Gasteiger partial charge on any atom is -0.0882 e. The molecule has 9 heavy (non-hydrogen) atoms. The molecule has 1 unspecified atom stereocenters. The van der Waals surface area contributed by atoms with Crippen LogP contribution < -0.4 is 0 Å². The molecule has 0 radical (unpaired) electrons. The van der Waals surface area contributed by atoms with E-state index in [1.165, 1.54) is 0 Å². The van der Waals surface area contributed by atoms with Gasteiger partial charge >= 0.3 is 0 Å². The van der Waals surface area contributed by atoms with Crippen LogP contribution in [0.2, 0.25) is 0 Å². The maximum absolute atomic E-state index is 3.66. The molecule has 0 spiro atoms. The van der Waals surface area contributed by atoms with Gasteiger partial charge in [0.1, 0.15) is 0 Å². The third-order valence-electron chi connectivity index (χ3n) is 1.41. The zero-order valence-corrected chi connectivity index (χ0v) is 8.62. The van der Waals surface area contributed by atoms with E-state index in [0.29, 0.717) is 10.2 Å². The number of hydrogen-bond donors (Lipinski definition) is 0. The molecular formula is C8H17Br. The molecule has 1 atom stereocenters. The summed E-state index contributed by atoms with van der Waals surface area (Å²) in [5.41, 5.74) is 0.397. The Kier molecular flexibility index (Phi) is 3.21. The monoisotopic (exact) mass is 192 g/mol. The van der Waals surface area contributed by atoms with Crippen LogP contribution in [0.3, 0.4) is 0 Å². The van der Waals surface area contributed by atoms with E-state index in [1.807, 2.05) is 0 Å². The van der Waals surface area contributed by atoms with E-state index in [4.69, 9.17) is 0 Å². The van der Waals surface area contributed by atoms with E-state index in [1.54, 1.807) is 0 Å². The first-order valence-corrected chi connectivity index (χ1v) is 4.41. The van der Waals surface area contributed by atoms with E-state index in [0.717, 1.165) is 5.92 Å². The van der Waals surface area contributed by atoms with Crippen molar-refractivity contribution in [1.82, 2.24) is 0 Å². The van der Waals surface area contributed by atoms with Crippen LogP contribution in [0.25, 0.3) is 0 Å².